The van der Waals surface area contributed by atoms with Crippen LogP contribution < -0.4 is 5.32 Å². The summed E-state index contributed by atoms with van der Waals surface area (Å²) in [4.78, 5) is 0. The maximum Gasteiger partial charge on any atom is 0.183 e. The van der Waals surface area contributed by atoms with Crippen molar-refractivity contribution >= 4 is 5.69 Å². The Hall–Kier alpha value is -1.67. The second-order valence-electron chi connectivity index (χ2n) is 4.89. The second kappa shape index (κ2) is 5.98. The monoisotopic (exact) mass is 266 g/mol. The number of hydrogen-bond donors (Lipinski definition) is 2. The highest BCUT2D eigenvalue weighted by Gasteiger charge is 2.23. The molecule has 0 aliphatic heterocycles. The Morgan fingerprint density at radius 1 is 1.26 bits per heavy atom. The number of aliphatic hydroxyl groups is 1. The summed E-state index contributed by atoms with van der Waals surface area (Å²) in [6, 6.07) is 4.19. The summed E-state index contributed by atoms with van der Waals surface area (Å²) < 4.78 is 27.1. The molecule has 2 rings (SSSR count). The molecule has 1 aliphatic carbocycles. The number of benzene rings is 1. The van der Waals surface area contributed by atoms with E-state index in [-0.39, 0.29) is 23.3 Å². The molecule has 2 atom stereocenters. The first kappa shape index (κ1) is 13.8. The summed E-state index contributed by atoms with van der Waals surface area (Å²) >= 11 is 0. The molecule has 1 aliphatic rings. The number of rotatable bonds is 3. The van der Waals surface area contributed by atoms with E-state index < -0.39 is 11.6 Å². The molecule has 0 aromatic heterocycles. The van der Waals surface area contributed by atoms with Crippen molar-refractivity contribution < 1.29 is 13.9 Å². The first-order valence-electron chi connectivity index (χ1n) is 6.43. The van der Waals surface area contributed by atoms with Crippen LogP contribution in [0.25, 0.3) is 0 Å². The smallest absolute Gasteiger partial charge is 0.183 e. The van der Waals surface area contributed by atoms with Gasteiger partial charge in [-0.1, -0.05) is 12.8 Å². The van der Waals surface area contributed by atoms with Crippen LogP contribution in [0, 0.1) is 28.9 Å². The fourth-order valence-corrected chi connectivity index (χ4v) is 2.44. The molecule has 102 valence electrons. The van der Waals surface area contributed by atoms with Crippen LogP contribution in [-0.4, -0.2) is 17.8 Å². The summed E-state index contributed by atoms with van der Waals surface area (Å²) in [5.41, 5.74) is -0.268. The zero-order valence-electron chi connectivity index (χ0n) is 10.5. The lowest BCUT2D eigenvalue weighted by atomic mass is 9.86. The van der Waals surface area contributed by atoms with Crippen LogP contribution in [0.1, 0.15) is 31.2 Å². The minimum atomic E-state index is -1.13. The number of aliphatic hydroxyl groups excluding tert-OH is 1. The molecule has 0 radical (unpaired) electrons. The van der Waals surface area contributed by atoms with Gasteiger partial charge in [0.05, 0.1) is 17.4 Å². The normalized spacial score (nSPS) is 22.8. The zero-order valence-corrected chi connectivity index (χ0v) is 10.5. The van der Waals surface area contributed by atoms with Gasteiger partial charge in [0.25, 0.3) is 0 Å². The fraction of sp³-hybridized carbons (Fsp3) is 0.500. The van der Waals surface area contributed by atoms with Crippen molar-refractivity contribution in [3.63, 3.8) is 0 Å². The van der Waals surface area contributed by atoms with Gasteiger partial charge in [-0.25, -0.2) is 8.78 Å². The van der Waals surface area contributed by atoms with E-state index in [0.717, 1.165) is 25.7 Å². The van der Waals surface area contributed by atoms with Crippen molar-refractivity contribution in [3.8, 4) is 6.07 Å². The fourth-order valence-electron chi connectivity index (χ4n) is 2.44. The van der Waals surface area contributed by atoms with Gasteiger partial charge in [-0.05, 0) is 25.0 Å². The number of nitriles is 1. The first-order valence-corrected chi connectivity index (χ1v) is 6.43. The van der Waals surface area contributed by atoms with Gasteiger partial charge in [0.1, 0.15) is 6.07 Å². The number of halogens is 2. The van der Waals surface area contributed by atoms with Crippen molar-refractivity contribution in [2.75, 3.05) is 11.9 Å². The zero-order chi connectivity index (χ0) is 13.8. The molecule has 19 heavy (non-hydrogen) atoms. The third kappa shape index (κ3) is 3.02. The molecular weight excluding hydrogens is 250 g/mol. The van der Waals surface area contributed by atoms with Crippen molar-refractivity contribution in [3.05, 3.63) is 29.3 Å². The summed E-state index contributed by atoms with van der Waals surface area (Å²) in [5, 5.41) is 21.2. The van der Waals surface area contributed by atoms with Crippen molar-refractivity contribution in [1.29, 1.82) is 5.26 Å². The van der Waals surface area contributed by atoms with Crippen molar-refractivity contribution in [2.45, 2.75) is 31.8 Å². The van der Waals surface area contributed by atoms with E-state index >= 15 is 0 Å². The minimum Gasteiger partial charge on any atom is -0.393 e. The van der Waals surface area contributed by atoms with E-state index in [1.54, 1.807) is 6.07 Å². The van der Waals surface area contributed by atoms with E-state index in [2.05, 4.69) is 5.32 Å². The molecule has 1 aromatic carbocycles. The number of hydrogen-bond acceptors (Lipinski definition) is 3. The minimum absolute atomic E-state index is 0.0364. The SMILES string of the molecule is N#Cc1ccc(NCC2CCCCC2O)c(F)c1F. The lowest BCUT2D eigenvalue weighted by molar-refractivity contribution is 0.0763. The Balaban J connectivity index is 2.04. The predicted octanol–water partition coefficient (Wildman–Crippen LogP) is 2.80. The van der Waals surface area contributed by atoms with Crippen LogP contribution in [0.2, 0.25) is 0 Å². The van der Waals surface area contributed by atoms with Crippen LogP contribution in [0.15, 0.2) is 12.1 Å². The summed E-state index contributed by atoms with van der Waals surface area (Å²) in [5.74, 6) is -2.10. The van der Waals surface area contributed by atoms with Gasteiger partial charge in [0.15, 0.2) is 11.6 Å². The molecule has 0 amide bonds. The number of nitrogens with zero attached hydrogens (tertiary/aromatic N) is 1. The van der Waals surface area contributed by atoms with Gasteiger partial charge in [-0.2, -0.15) is 5.26 Å². The van der Waals surface area contributed by atoms with Crippen molar-refractivity contribution in [2.24, 2.45) is 5.92 Å². The highest BCUT2D eigenvalue weighted by atomic mass is 19.2. The molecular formula is C14H16F2N2O. The first-order chi connectivity index (χ1) is 9.13. The topological polar surface area (TPSA) is 56.0 Å². The summed E-state index contributed by atoms with van der Waals surface area (Å²) in [6.07, 6.45) is 3.32. The standard InChI is InChI=1S/C14H16F2N2O/c15-13-9(7-17)5-6-11(14(13)16)18-8-10-3-1-2-4-12(10)19/h5-6,10,12,18-19H,1-4,8H2. The molecule has 0 bridgehead atoms. The van der Waals surface area contributed by atoms with Crippen LogP contribution in [0.5, 0.6) is 0 Å². The quantitative estimate of drug-likeness (QED) is 0.884. The molecule has 0 heterocycles. The van der Waals surface area contributed by atoms with Crippen LogP contribution in [0.3, 0.4) is 0 Å². The third-order valence-electron chi connectivity index (χ3n) is 3.63. The molecule has 1 fully saturated rings. The Bertz CT molecular complexity index is 499. The van der Waals surface area contributed by atoms with E-state index in [0.29, 0.717) is 6.54 Å². The Labute approximate surface area is 110 Å². The number of anilines is 1. The highest BCUT2D eigenvalue weighted by Crippen LogP contribution is 2.26. The van der Waals surface area contributed by atoms with E-state index in [1.807, 2.05) is 0 Å². The Morgan fingerprint density at radius 3 is 2.68 bits per heavy atom. The average molecular weight is 266 g/mol. The van der Waals surface area contributed by atoms with Gasteiger partial charge in [-0.15, -0.1) is 0 Å². The van der Waals surface area contributed by atoms with Gasteiger partial charge in [0, 0.05) is 12.5 Å². The largest absolute Gasteiger partial charge is 0.393 e. The molecule has 5 heteroatoms. The molecule has 1 saturated carbocycles. The van der Waals surface area contributed by atoms with E-state index in [9.17, 15) is 13.9 Å². The molecule has 2 N–H and O–H groups in total. The van der Waals surface area contributed by atoms with Gasteiger partial charge in [0.2, 0.25) is 0 Å². The van der Waals surface area contributed by atoms with Crippen LogP contribution in [0.4, 0.5) is 14.5 Å². The highest BCUT2D eigenvalue weighted by molar-refractivity contribution is 5.49. The van der Waals surface area contributed by atoms with Gasteiger partial charge in [-0.3, -0.25) is 0 Å². The van der Waals surface area contributed by atoms with Crippen LogP contribution in [-0.2, 0) is 0 Å². The lowest BCUT2D eigenvalue weighted by Crippen LogP contribution is -2.30. The average Bonchev–Trinajstić information content (AvgIpc) is 2.42. The third-order valence-corrected chi connectivity index (χ3v) is 3.63. The van der Waals surface area contributed by atoms with Gasteiger partial charge >= 0.3 is 0 Å². The second-order valence-corrected chi connectivity index (χ2v) is 4.89. The summed E-state index contributed by atoms with van der Waals surface area (Å²) in [7, 11) is 0. The summed E-state index contributed by atoms with van der Waals surface area (Å²) in [6.45, 7) is 0.406. The Kier molecular flexibility index (Phi) is 4.33. The number of nitrogens with one attached hydrogen (secondary N) is 1. The predicted molar refractivity (Wildman–Crippen MR) is 67.5 cm³/mol. The molecule has 2 unspecified atom stereocenters. The van der Waals surface area contributed by atoms with Gasteiger partial charge < -0.3 is 10.4 Å². The molecule has 0 spiro atoms. The maximum absolute atomic E-state index is 13.6. The maximum atomic E-state index is 13.6. The molecule has 3 nitrogen and oxygen atoms in total. The lowest BCUT2D eigenvalue weighted by Gasteiger charge is -2.28. The molecule has 1 aromatic rings. The van der Waals surface area contributed by atoms with Crippen molar-refractivity contribution in [1.82, 2.24) is 0 Å². The Morgan fingerprint density at radius 2 is 2.00 bits per heavy atom. The van der Waals surface area contributed by atoms with E-state index in [4.69, 9.17) is 5.26 Å². The van der Waals surface area contributed by atoms with E-state index in [1.165, 1.54) is 12.1 Å². The molecule has 0 saturated heterocycles. The van der Waals surface area contributed by atoms with Crippen LogP contribution >= 0.6 is 0 Å².